The van der Waals surface area contributed by atoms with E-state index >= 15 is 0 Å². The molecule has 8 nitrogen and oxygen atoms in total. The SMILES string of the molecule is CCCCC(C(=O)OCC)(C(=O)OCC)C(c1ccc([N+](=O)[O-])cc1)c1cc(C(C)(C)C)c(O)c(C(C)(C)C)c1. The minimum atomic E-state index is -1.76. The standard InChI is InChI=1S/C32H45NO7/c1-10-13-18-32(28(35)39-11-2,29(36)40-12-3)26(21-14-16-23(17-15-21)33(37)38)22-19-24(30(4,5)6)27(34)25(20-22)31(7,8)9/h14-17,19-20,26,34H,10-13,18H2,1-9H3. The quantitative estimate of drug-likeness (QED) is 0.133. The van der Waals surface area contributed by atoms with E-state index in [0.29, 0.717) is 35.1 Å². The van der Waals surface area contributed by atoms with Gasteiger partial charge in [-0.3, -0.25) is 19.7 Å². The van der Waals surface area contributed by atoms with Gasteiger partial charge in [-0.05, 0) is 53.4 Å². The van der Waals surface area contributed by atoms with E-state index < -0.39 is 39.0 Å². The van der Waals surface area contributed by atoms with Crippen LogP contribution < -0.4 is 0 Å². The highest BCUT2D eigenvalue weighted by molar-refractivity contribution is 6.02. The van der Waals surface area contributed by atoms with Crippen LogP contribution in [-0.2, 0) is 29.9 Å². The van der Waals surface area contributed by atoms with E-state index in [0.717, 1.165) is 0 Å². The third-order valence-electron chi connectivity index (χ3n) is 7.22. The highest BCUT2D eigenvalue weighted by Gasteiger charge is 2.56. The maximum Gasteiger partial charge on any atom is 0.324 e. The fourth-order valence-electron chi connectivity index (χ4n) is 5.16. The summed E-state index contributed by atoms with van der Waals surface area (Å²) in [5.74, 6) is -2.14. The van der Waals surface area contributed by atoms with Gasteiger partial charge in [0.15, 0.2) is 5.41 Å². The van der Waals surface area contributed by atoms with Crippen molar-refractivity contribution in [1.29, 1.82) is 0 Å². The van der Waals surface area contributed by atoms with Crippen LogP contribution in [0.25, 0.3) is 0 Å². The zero-order valence-corrected chi connectivity index (χ0v) is 25.4. The second-order valence-electron chi connectivity index (χ2n) is 12.3. The van der Waals surface area contributed by atoms with E-state index in [9.17, 15) is 24.8 Å². The van der Waals surface area contributed by atoms with Gasteiger partial charge in [-0.15, -0.1) is 0 Å². The molecule has 220 valence electrons. The van der Waals surface area contributed by atoms with Crippen LogP contribution in [0, 0.1) is 15.5 Å². The number of aromatic hydroxyl groups is 1. The number of unbranched alkanes of at least 4 members (excludes halogenated alkanes) is 1. The summed E-state index contributed by atoms with van der Waals surface area (Å²) in [6.45, 7) is 17.4. The molecule has 1 unspecified atom stereocenters. The lowest BCUT2D eigenvalue weighted by Crippen LogP contribution is -2.47. The summed E-state index contributed by atoms with van der Waals surface area (Å²) in [4.78, 5) is 39.0. The Morgan fingerprint density at radius 2 is 1.30 bits per heavy atom. The van der Waals surface area contributed by atoms with Crippen molar-refractivity contribution < 1.29 is 29.1 Å². The molecule has 0 saturated heterocycles. The predicted octanol–water partition coefficient (Wildman–Crippen LogP) is 7.33. The van der Waals surface area contributed by atoms with Gasteiger partial charge >= 0.3 is 11.9 Å². The highest BCUT2D eigenvalue weighted by Crippen LogP contribution is 2.50. The Labute approximate surface area is 238 Å². The third kappa shape index (κ3) is 6.83. The van der Waals surface area contributed by atoms with E-state index in [1.165, 1.54) is 12.1 Å². The first-order valence-electron chi connectivity index (χ1n) is 14.0. The number of carbonyl (C=O) groups excluding carboxylic acids is 2. The van der Waals surface area contributed by atoms with Gasteiger partial charge in [0.1, 0.15) is 5.75 Å². The van der Waals surface area contributed by atoms with Crippen LogP contribution in [-0.4, -0.2) is 35.2 Å². The maximum absolute atomic E-state index is 14.0. The smallest absolute Gasteiger partial charge is 0.324 e. The van der Waals surface area contributed by atoms with Gasteiger partial charge in [0.05, 0.1) is 18.1 Å². The van der Waals surface area contributed by atoms with Crippen molar-refractivity contribution in [3.8, 4) is 5.75 Å². The number of nitrogens with zero attached hydrogens (tertiary/aromatic N) is 1. The molecule has 0 radical (unpaired) electrons. The van der Waals surface area contributed by atoms with Gasteiger partial charge in [-0.1, -0.05) is 85.6 Å². The fourth-order valence-corrected chi connectivity index (χ4v) is 5.16. The van der Waals surface area contributed by atoms with Crippen LogP contribution in [0.2, 0.25) is 0 Å². The summed E-state index contributed by atoms with van der Waals surface area (Å²) >= 11 is 0. The minimum absolute atomic E-state index is 0.0646. The first kappa shape index (κ1) is 32.8. The molecule has 0 spiro atoms. The van der Waals surface area contributed by atoms with Crippen molar-refractivity contribution in [2.45, 2.75) is 98.3 Å². The number of phenols is 1. The van der Waals surface area contributed by atoms with Crippen molar-refractivity contribution in [3.05, 3.63) is 68.8 Å². The number of esters is 2. The number of hydrogen-bond acceptors (Lipinski definition) is 7. The van der Waals surface area contributed by atoms with Crippen LogP contribution in [0.3, 0.4) is 0 Å². The molecule has 0 aromatic heterocycles. The fraction of sp³-hybridized carbons (Fsp3) is 0.562. The molecule has 0 heterocycles. The molecular formula is C32H45NO7. The summed E-state index contributed by atoms with van der Waals surface area (Å²) in [7, 11) is 0. The molecule has 2 rings (SSSR count). The van der Waals surface area contributed by atoms with Crippen LogP contribution in [0.1, 0.15) is 110 Å². The third-order valence-corrected chi connectivity index (χ3v) is 7.22. The van der Waals surface area contributed by atoms with E-state index in [4.69, 9.17) is 9.47 Å². The number of hydrogen-bond donors (Lipinski definition) is 1. The zero-order valence-electron chi connectivity index (χ0n) is 25.4. The summed E-state index contributed by atoms with van der Waals surface area (Å²) in [5, 5.41) is 22.9. The minimum Gasteiger partial charge on any atom is -0.507 e. The van der Waals surface area contributed by atoms with Gasteiger partial charge in [0.25, 0.3) is 5.69 Å². The number of carbonyl (C=O) groups is 2. The number of non-ortho nitro benzene ring substituents is 1. The normalized spacial score (nSPS) is 13.0. The molecule has 0 bridgehead atoms. The van der Waals surface area contributed by atoms with Gasteiger partial charge < -0.3 is 14.6 Å². The molecule has 1 atom stereocenters. The summed E-state index contributed by atoms with van der Waals surface area (Å²) in [6, 6.07) is 9.61. The van der Waals surface area contributed by atoms with Crippen molar-refractivity contribution in [2.24, 2.45) is 5.41 Å². The first-order valence-corrected chi connectivity index (χ1v) is 14.0. The molecule has 0 aliphatic rings. The summed E-state index contributed by atoms with van der Waals surface area (Å²) in [5.41, 5.74) is -0.324. The Hall–Kier alpha value is -3.42. The Morgan fingerprint density at radius 1 is 0.850 bits per heavy atom. The van der Waals surface area contributed by atoms with Crippen LogP contribution >= 0.6 is 0 Å². The van der Waals surface area contributed by atoms with E-state index in [1.807, 2.05) is 60.6 Å². The molecule has 0 amide bonds. The summed E-state index contributed by atoms with van der Waals surface area (Å²) in [6.07, 6.45) is 1.40. The van der Waals surface area contributed by atoms with E-state index in [2.05, 4.69) is 0 Å². The molecule has 0 aliphatic heterocycles. The molecule has 0 saturated carbocycles. The van der Waals surface area contributed by atoms with Gasteiger partial charge in [0.2, 0.25) is 0 Å². The molecule has 2 aromatic rings. The molecular weight excluding hydrogens is 510 g/mol. The van der Waals surface area contributed by atoms with Gasteiger partial charge in [-0.2, -0.15) is 0 Å². The lowest BCUT2D eigenvalue weighted by atomic mass is 9.64. The zero-order chi connectivity index (χ0) is 30.5. The van der Waals surface area contributed by atoms with Crippen molar-refractivity contribution >= 4 is 17.6 Å². The lowest BCUT2D eigenvalue weighted by molar-refractivity contribution is -0.384. The average Bonchev–Trinajstić information content (AvgIpc) is 2.86. The Balaban J connectivity index is 3.15. The van der Waals surface area contributed by atoms with Crippen LogP contribution in [0.5, 0.6) is 5.75 Å². The second-order valence-corrected chi connectivity index (χ2v) is 12.3. The molecule has 8 heteroatoms. The largest absolute Gasteiger partial charge is 0.507 e. The van der Waals surface area contributed by atoms with Crippen molar-refractivity contribution in [2.75, 3.05) is 13.2 Å². The lowest BCUT2D eigenvalue weighted by Gasteiger charge is -2.38. The topological polar surface area (TPSA) is 116 Å². The second kappa shape index (κ2) is 12.8. The molecule has 1 N–H and O–H groups in total. The molecule has 40 heavy (non-hydrogen) atoms. The number of benzene rings is 2. The van der Waals surface area contributed by atoms with Crippen LogP contribution in [0.4, 0.5) is 5.69 Å². The van der Waals surface area contributed by atoms with Crippen molar-refractivity contribution in [1.82, 2.24) is 0 Å². The van der Waals surface area contributed by atoms with Gasteiger partial charge in [0, 0.05) is 18.1 Å². The molecule has 0 aliphatic carbocycles. The number of phenolic OH excluding ortho intramolecular Hbond substituents is 1. The molecule has 0 fully saturated rings. The number of rotatable bonds is 11. The maximum atomic E-state index is 14.0. The summed E-state index contributed by atoms with van der Waals surface area (Å²) < 4.78 is 11.2. The van der Waals surface area contributed by atoms with Crippen molar-refractivity contribution in [3.63, 3.8) is 0 Å². The number of nitro groups is 1. The first-order chi connectivity index (χ1) is 18.6. The van der Waals surface area contributed by atoms with Crippen LogP contribution in [0.15, 0.2) is 36.4 Å². The van der Waals surface area contributed by atoms with Gasteiger partial charge in [-0.25, -0.2) is 0 Å². The Kier molecular flexibility index (Phi) is 10.5. The molecule has 2 aromatic carbocycles. The number of nitro benzene ring substituents is 1. The van der Waals surface area contributed by atoms with E-state index in [1.54, 1.807) is 26.0 Å². The predicted molar refractivity (Wildman–Crippen MR) is 156 cm³/mol. The Bertz CT molecular complexity index is 1150. The average molecular weight is 556 g/mol. The highest BCUT2D eigenvalue weighted by atomic mass is 16.6. The van der Waals surface area contributed by atoms with E-state index in [-0.39, 0.29) is 31.1 Å². The number of ether oxygens (including phenoxy) is 2. The monoisotopic (exact) mass is 555 g/mol. The Morgan fingerprint density at radius 3 is 1.65 bits per heavy atom.